The molecule has 33 heavy (non-hydrogen) atoms. The minimum Gasteiger partial charge on any atom is -0.497 e. The fourth-order valence-corrected chi connectivity index (χ4v) is 2.78. The van der Waals surface area contributed by atoms with Crippen molar-refractivity contribution in [2.75, 3.05) is 24.4 Å². The number of para-hydroxylation sites is 1. The van der Waals surface area contributed by atoms with Crippen LogP contribution in [-0.2, 0) is 9.59 Å². The summed E-state index contributed by atoms with van der Waals surface area (Å²) in [7, 11) is 1.54. The number of rotatable bonds is 8. The number of hydrogen-bond acceptors (Lipinski definition) is 5. The Kier molecular flexibility index (Phi) is 7.76. The number of amides is 2. The van der Waals surface area contributed by atoms with Crippen LogP contribution in [0.3, 0.4) is 0 Å². The molecule has 0 spiro atoms. The molecule has 7 nitrogen and oxygen atoms in total. The van der Waals surface area contributed by atoms with Gasteiger partial charge in [0, 0.05) is 5.69 Å². The summed E-state index contributed by atoms with van der Waals surface area (Å²) in [5.74, 6) is -0.658. The summed E-state index contributed by atoms with van der Waals surface area (Å²) < 4.78 is 24.2. The first-order valence-electron chi connectivity index (χ1n) is 9.83. The molecule has 3 aromatic carbocycles. The topological polar surface area (TPSA) is 100 Å². The summed E-state index contributed by atoms with van der Waals surface area (Å²) >= 11 is 0. The molecule has 0 aliphatic rings. The molecule has 0 radical (unpaired) electrons. The fourth-order valence-electron chi connectivity index (χ4n) is 2.78. The normalized spacial score (nSPS) is 10.6. The molecule has 3 rings (SSSR count). The number of carbonyl (C=O) groups is 2. The Labute approximate surface area is 190 Å². The van der Waals surface area contributed by atoms with Gasteiger partial charge < -0.3 is 20.1 Å². The third-order valence-electron chi connectivity index (χ3n) is 4.40. The molecule has 3 aromatic rings. The second-order valence-electron chi connectivity index (χ2n) is 6.74. The van der Waals surface area contributed by atoms with Gasteiger partial charge in [0.05, 0.1) is 12.8 Å². The van der Waals surface area contributed by atoms with E-state index in [0.717, 1.165) is 0 Å². The largest absolute Gasteiger partial charge is 0.497 e. The van der Waals surface area contributed by atoms with Crippen LogP contribution in [0.4, 0.5) is 15.8 Å². The van der Waals surface area contributed by atoms with Crippen LogP contribution in [0.25, 0.3) is 6.08 Å². The summed E-state index contributed by atoms with van der Waals surface area (Å²) in [6.45, 7) is -0.343. The Hall–Kier alpha value is -4.64. The van der Waals surface area contributed by atoms with Gasteiger partial charge in [0.15, 0.2) is 6.61 Å². The molecule has 0 aromatic heterocycles. The molecule has 8 heteroatoms. The number of hydrogen-bond donors (Lipinski definition) is 2. The van der Waals surface area contributed by atoms with E-state index in [-0.39, 0.29) is 17.9 Å². The lowest BCUT2D eigenvalue weighted by Crippen LogP contribution is -2.20. The van der Waals surface area contributed by atoms with E-state index >= 15 is 0 Å². The second-order valence-corrected chi connectivity index (χ2v) is 6.74. The maximum atomic E-state index is 13.6. The van der Waals surface area contributed by atoms with Gasteiger partial charge in [-0.1, -0.05) is 24.3 Å². The molecule has 0 saturated carbocycles. The quantitative estimate of drug-likeness (QED) is 0.395. The van der Waals surface area contributed by atoms with Gasteiger partial charge in [-0.2, -0.15) is 5.26 Å². The standard InChI is InChI=1S/C25H20FN3O4/c1-32-20-11-9-19(10-12-20)28-25(31)18(15-27)13-17-5-4-6-21(14-17)33-16-24(30)29-23-8-3-2-7-22(23)26/h2-14H,16H2,1H3,(H,28,31)(H,29,30)/b18-13-. The van der Waals surface area contributed by atoms with Gasteiger partial charge >= 0.3 is 0 Å². The predicted molar refractivity (Wildman–Crippen MR) is 122 cm³/mol. The smallest absolute Gasteiger partial charge is 0.266 e. The Morgan fingerprint density at radius 2 is 1.76 bits per heavy atom. The van der Waals surface area contributed by atoms with E-state index in [1.807, 2.05) is 6.07 Å². The zero-order chi connectivity index (χ0) is 23.6. The second kappa shape index (κ2) is 11.1. The zero-order valence-corrected chi connectivity index (χ0v) is 17.7. The highest BCUT2D eigenvalue weighted by molar-refractivity contribution is 6.09. The molecule has 0 aliphatic heterocycles. The van der Waals surface area contributed by atoms with Gasteiger partial charge in [-0.25, -0.2) is 4.39 Å². The highest BCUT2D eigenvalue weighted by Crippen LogP contribution is 2.19. The highest BCUT2D eigenvalue weighted by Gasteiger charge is 2.11. The molecule has 0 fully saturated rings. The van der Waals surface area contributed by atoms with Crippen LogP contribution < -0.4 is 20.1 Å². The Morgan fingerprint density at radius 1 is 1.00 bits per heavy atom. The summed E-state index contributed by atoms with van der Waals surface area (Å²) in [6, 6.07) is 20.9. The zero-order valence-electron chi connectivity index (χ0n) is 17.7. The van der Waals surface area contributed by atoms with E-state index in [1.165, 1.54) is 31.4 Å². The van der Waals surface area contributed by atoms with Crippen molar-refractivity contribution in [3.05, 3.63) is 89.8 Å². The van der Waals surface area contributed by atoms with Crippen molar-refractivity contribution in [1.29, 1.82) is 5.26 Å². The van der Waals surface area contributed by atoms with Crippen molar-refractivity contribution in [1.82, 2.24) is 0 Å². The van der Waals surface area contributed by atoms with Crippen LogP contribution >= 0.6 is 0 Å². The van der Waals surface area contributed by atoms with Crippen molar-refractivity contribution in [3.8, 4) is 17.6 Å². The summed E-state index contributed by atoms with van der Waals surface area (Å²) in [4.78, 5) is 24.5. The Bertz CT molecular complexity index is 1220. The predicted octanol–water partition coefficient (Wildman–Crippen LogP) is 4.40. The van der Waals surface area contributed by atoms with E-state index in [1.54, 1.807) is 54.6 Å². The molecular weight excluding hydrogens is 425 g/mol. The lowest BCUT2D eigenvalue weighted by atomic mass is 10.1. The number of benzene rings is 3. The van der Waals surface area contributed by atoms with Crippen molar-refractivity contribution >= 4 is 29.3 Å². The monoisotopic (exact) mass is 445 g/mol. The lowest BCUT2D eigenvalue weighted by molar-refractivity contribution is -0.118. The highest BCUT2D eigenvalue weighted by atomic mass is 19.1. The number of carbonyl (C=O) groups excluding carboxylic acids is 2. The Morgan fingerprint density at radius 3 is 2.45 bits per heavy atom. The van der Waals surface area contributed by atoms with Crippen LogP contribution in [-0.4, -0.2) is 25.5 Å². The minimum atomic E-state index is -0.571. The summed E-state index contributed by atoms with van der Waals surface area (Å²) in [5.41, 5.74) is 0.993. The molecular formula is C25H20FN3O4. The number of ether oxygens (including phenoxy) is 2. The first-order chi connectivity index (χ1) is 16.0. The summed E-state index contributed by atoms with van der Waals surface area (Å²) in [6.07, 6.45) is 1.41. The van der Waals surface area contributed by atoms with Crippen LogP contribution in [0, 0.1) is 17.1 Å². The minimum absolute atomic E-state index is 0.0596. The van der Waals surface area contributed by atoms with Gasteiger partial charge in [0.2, 0.25) is 0 Å². The molecule has 0 heterocycles. The number of methoxy groups -OCH3 is 1. The number of nitrogens with zero attached hydrogens (tertiary/aromatic N) is 1. The molecule has 166 valence electrons. The molecule has 0 unspecified atom stereocenters. The molecule has 2 amide bonds. The molecule has 0 atom stereocenters. The maximum absolute atomic E-state index is 13.6. The van der Waals surface area contributed by atoms with Gasteiger partial charge in [0.25, 0.3) is 11.8 Å². The molecule has 0 aliphatic carbocycles. The van der Waals surface area contributed by atoms with E-state index in [9.17, 15) is 19.2 Å². The van der Waals surface area contributed by atoms with Crippen LogP contribution in [0.5, 0.6) is 11.5 Å². The molecule has 0 bridgehead atoms. The van der Waals surface area contributed by atoms with Gasteiger partial charge in [-0.3, -0.25) is 9.59 Å². The van der Waals surface area contributed by atoms with Crippen molar-refractivity contribution < 1.29 is 23.5 Å². The molecule has 0 saturated heterocycles. The lowest BCUT2D eigenvalue weighted by Gasteiger charge is -2.09. The average molecular weight is 445 g/mol. The van der Waals surface area contributed by atoms with Gasteiger partial charge in [-0.05, 0) is 60.2 Å². The first kappa shape index (κ1) is 23.0. The third-order valence-corrected chi connectivity index (χ3v) is 4.40. The van der Waals surface area contributed by atoms with E-state index in [4.69, 9.17) is 9.47 Å². The fraction of sp³-hybridized carbons (Fsp3) is 0.0800. The van der Waals surface area contributed by atoms with Gasteiger partial charge in [-0.15, -0.1) is 0 Å². The number of anilines is 2. The van der Waals surface area contributed by atoms with E-state index < -0.39 is 17.6 Å². The maximum Gasteiger partial charge on any atom is 0.266 e. The SMILES string of the molecule is COc1ccc(NC(=O)/C(C#N)=C\c2cccc(OCC(=O)Nc3ccccc3F)c2)cc1. The van der Waals surface area contributed by atoms with Crippen molar-refractivity contribution in [2.45, 2.75) is 0 Å². The van der Waals surface area contributed by atoms with Crippen LogP contribution in [0.15, 0.2) is 78.4 Å². The number of nitriles is 1. The first-order valence-corrected chi connectivity index (χ1v) is 9.83. The molecule has 2 N–H and O–H groups in total. The van der Waals surface area contributed by atoms with Crippen LogP contribution in [0.1, 0.15) is 5.56 Å². The third kappa shape index (κ3) is 6.67. The van der Waals surface area contributed by atoms with E-state index in [0.29, 0.717) is 22.7 Å². The summed E-state index contributed by atoms with van der Waals surface area (Å²) in [5, 5.41) is 14.5. The van der Waals surface area contributed by atoms with Crippen molar-refractivity contribution in [2.24, 2.45) is 0 Å². The van der Waals surface area contributed by atoms with E-state index in [2.05, 4.69) is 10.6 Å². The number of nitrogens with one attached hydrogen (secondary N) is 2. The number of halogens is 1. The Balaban J connectivity index is 1.63. The van der Waals surface area contributed by atoms with Crippen molar-refractivity contribution in [3.63, 3.8) is 0 Å². The average Bonchev–Trinajstić information content (AvgIpc) is 2.83. The van der Waals surface area contributed by atoms with Crippen LogP contribution in [0.2, 0.25) is 0 Å². The van der Waals surface area contributed by atoms with Gasteiger partial charge in [0.1, 0.15) is 29.0 Å².